The molecular weight excluding hydrogens is 332 g/mol. The van der Waals surface area contributed by atoms with Crippen molar-refractivity contribution in [3.8, 4) is 0 Å². The van der Waals surface area contributed by atoms with E-state index in [9.17, 15) is 14.4 Å². The molecule has 0 aliphatic heterocycles. The first kappa shape index (κ1) is 19.7. The molecule has 0 bridgehead atoms. The molecule has 2 aliphatic rings. The lowest BCUT2D eigenvalue weighted by molar-refractivity contribution is -0.295. The predicted octanol–water partition coefficient (Wildman–Crippen LogP) is 1.06. The standard InChI is InChI=1S/C17H26O8/c1-10(18)25-13-7-6-8-16(15(20)22-3)11(13)9-12(14(19)21-2)17(16,23-4)24-5/h11-13H,6-9H2,1-5H3/t11-,12+,13-,16-/m1/s1. The number of carbonyl (C=O) groups excluding carboxylic acids is 3. The molecule has 4 atom stereocenters. The molecule has 0 saturated heterocycles. The van der Waals surface area contributed by atoms with Gasteiger partial charge in [-0.1, -0.05) is 0 Å². The lowest BCUT2D eigenvalue weighted by Gasteiger charge is -2.49. The van der Waals surface area contributed by atoms with Gasteiger partial charge in [0.2, 0.25) is 0 Å². The van der Waals surface area contributed by atoms with Crippen LogP contribution in [-0.4, -0.2) is 58.2 Å². The van der Waals surface area contributed by atoms with Crippen LogP contribution < -0.4 is 0 Å². The lowest BCUT2D eigenvalue weighted by atomic mass is 9.64. The van der Waals surface area contributed by atoms with E-state index in [4.69, 9.17) is 23.7 Å². The summed E-state index contributed by atoms with van der Waals surface area (Å²) in [7, 11) is 5.34. The number of hydrogen-bond acceptors (Lipinski definition) is 8. The van der Waals surface area contributed by atoms with Gasteiger partial charge in [-0.2, -0.15) is 0 Å². The van der Waals surface area contributed by atoms with Crippen molar-refractivity contribution in [3.63, 3.8) is 0 Å². The topological polar surface area (TPSA) is 97.4 Å². The molecule has 0 aromatic heterocycles. The van der Waals surface area contributed by atoms with E-state index < -0.39 is 47.0 Å². The van der Waals surface area contributed by atoms with Gasteiger partial charge < -0.3 is 23.7 Å². The van der Waals surface area contributed by atoms with Crippen molar-refractivity contribution in [2.75, 3.05) is 28.4 Å². The number of esters is 3. The summed E-state index contributed by atoms with van der Waals surface area (Å²) in [6, 6.07) is 0. The molecule has 8 heteroatoms. The third-order valence-corrected chi connectivity index (χ3v) is 5.67. The number of hydrogen-bond donors (Lipinski definition) is 0. The van der Waals surface area contributed by atoms with E-state index in [1.165, 1.54) is 35.4 Å². The van der Waals surface area contributed by atoms with E-state index >= 15 is 0 Å². The van der Waals surface area contributed by atoms with Crippen molar-refractivity contribution in [3.05, 3.63) is 0 Å². The second-order valence-electron chi connectivity index (χ2n) is 6.50. The zero-order valence-electron chi connectivity index (χ0n) is 15.3. The van der Waals surface area contributed by atoms with Crippen molar-refractivity contribution in [1.29, 1.82) is 0 Å². The zero-order valence-corrected chi connectivity index (χ0v) is 15.3. The van der Waals surface area contributed by atoms with Gasteiger partial charge in [-0.05, 0) is 25.7 Å². The molecular formula is C17H26O8. The molecule has 0 unspecified atom stereocenters. The maximum Gasteiger partial charge on any atom is 0.317 e. The highest BCUT2D eigenvalue weighted by Crippen LogP contribution is 2.63. The minimum atomic E-state index is -1.54. The SMILES string of the molecule is COC(=O)[C@@H]1C[C@@H]2[C@H](OC(C)=O)CCC[C@@]2(C(=O)OC)C1(OC)OC. The third-order valence-electron chi connectivity index (χ3n) is 5.67. The van der Waals surface area contributed by atoms with E-state index in [0.717, 1.165) is 0 Å². The first-order valence-electron chi connectivity index (χ1n) is 8.28. The van der Waals surface area contributed by atoms with Gasteiger partial charge in [0, 0.05) is 27.1 Å². The van der Waals surface area contributed by atoms with Gasteiger partial charge in [-0.25, -0.2) is 0 Å². The molecule has 25 heavy (non-hydrogen) atoms. The van der Waals surface area contributed by atoms with Crippen LogP contribution in [0.2, 0.25) is 0 Å². The Morgan fingerprint density at radius 3 is 2.12 bits per heavy atom. The second kappa shape index (κ2) is 7.29. The van der Waals surface area contributed by atoms with Crippen molar-refractivity contribution >= 4 is 17.9 Å². The molecule has 0 spiro atoms. The van der Waals surface area contributed by atoms with Crippen LogP contribution in [0.5, 0.6) is 0 Å². The first-order chi connectivity index (χ1) is 11.8. The molecule has 0 aromatic rings. The second-order valence-corrected chi connectivity index (χ2v) is 6.50. The Morgan fingerprint density at radius 2 is 1.64 bits per heavy atom. The molecule has 2 fully saturated rings. The fourth-order valence-corrected chi connectivity index (χ4v) is 4.85. The van der Waals surface area contributed by atoms with E-state index in [0.29, 0.717) is 19.3 Å². The fourth-order valence-electron chi connectivity index (χ4n) is 4.85. The fraction of sp³-hybridized carbons (Fsp3) is 0.824. The van der Waals surface area contributed by atoms with Gasteiger partial charge in [0.05, 0.1) is 14.2 Å². The molecule has 142 valence electrons. The normalized spacial score (nSPS) is 33.2. The molecule has 8 nitrogen and oxygen atoms in total. The van der Waals surface area contributed by atoms with Crippen molar-refractivity contribution in [1.82, 2.24) is 0 Å². The summed E-state index contributed by atoms with van der Waals surface area (Å²) in [5.41, 5.74) is -1.26. The summed E-state index contributed by atoms with van der Waals surface area (Å²) in [5, 5.41) is 0. The van der Waals surface area contributed by atoms with Gasteiger partial charge in [-0.15, -0.1) is 0 Å². The number of rotatable bonds is 5. The Bertz CT molecular complexity index is 541. The number of fused-ring (bicyclic) bond motifs is 1. The van der Waals surface area contributed by atoms with E-state index in [2.05, 4.69) is 0 Å². The Balaban J connectivity index is 2.62. The van der Waals surface area contributed by atoms with Crippen LogP contribution in [0.3, 0.4) is 0 Å². The Labute approximate surface area is 147 Å². The molecule has 0 heterocycles. The Hall–Kier alpha value is -1.67. The van der Waals surface area contributed by atoms with Gasteiger partial charge in [-0.3, -0.25) is 14.4 Å². The summed E-state index contributed by atoms with van der Waals surface area (Å²) >= 11 is 0. The first-order valence-corrected chi connectivity index (χ1v) is 8.28. The van der Waals surface area contributed by atoms with Crippen molar-refractivity contribution in [2.45, 2.75) is 44.5 Å². The highest BCUT2D eigenvalue weighted by molar-refractivity contribution is 5.84. The van der Waals surface area contributed by atoms with Gasteiger partial charge in [0.25, 0.3) is 0 Å². The molecule has 2 saturated carbocycles. The van der Waals surface area contributed by atoms with Crippen molar-refractivity contribution < 1.29 is 38.1 Å². The highest BCUT2D eigenvalue weighted by Gasteiger charge is 2.75. The summed E-state index contributed by atoms with van der Waals surface area (Å²) in [6.45, 7) is 1.32. The Morgan fingerprint density at radius 1 is 1.00 bits per heavy atom. The van der Waals surface area contributed by atoms with Crippen LogP contribution in [0.1, 0.15) is 32.6 Å². The number of methoxy groups -OCH3 is 4. The van der Waals surface area contributed by atoms with E-state index in [1.807, 2.05) is 0 Å². The molecule has 0 aromatic carbocycles. The van der Waals surface area contributed by atoms with Crippen LogP contribution in [0.15, 0.2) is 0 Å². The minimum absolute atomic E-state index is 0.238. The predicted molar refractivity (Wildman–Crippen MR) is 84.2 cm³/mol. The maximum absolute atomic E-state index is 12.9. The van der Waals surface area contributed by atoms with Crippen LogP contribution in [-0.2, 0) is 38.1 Å². The van der Waals surface area contributed by atoms with Crippen molar-refractivity contribution in [2.24, 2.45) is 17.3 Å². The van der Waals surface area contributed by atoms with E-state index in [1.54, 1.807) is 0 Å². The number of ether oxygens (including phenoxy) is 5. The molecule has 2 rings (SSSR count). The summed E-state index contributed by atoms with van der Waals surface area (Å²) in [4.78, 5) is 36.9. The maximum atomic E-state index is 12.9. The number of carbonyl (C=O) groups is 3. The average Bonchev–Trinajstić information content (AvgIpc) is 2.92. The zero-order chi connectivity index (χ0) is 18.8. The summed E-state index contributed by atoms with van der Waals surface area (Å²) < 4.78 is 26.8. The largest absolute Gasteiger partial charge is 0.469 e. The minimum Gasteiger partial charge on any atom is -0.469 e. The Kier molecular flexibility index (Phi) is 5.73. The quantitative estimate of drug-likeness (QED) is 0.409. The smallest absolute Gasteiger partial charge is 0.317 e. The molecule has 2 aliphatic carbocycles. The molecule has 0 amide bonds. The monoisotopic (exact) mass is 358 g/mol. The van der Waals surface area contributed by atoms with Gasteiger partial charge >= 0.3 is 17.9 Å². The molecule has 0 N–H and O–H groups in total. The van der Waals surface area contributed by atoms with Gasteiger partial charge in [0.1, 0.15) is 17.4 Å². The van der Waals surface area contributed by atoms with Crippen LogP contribution in [0.4, 0.5) is 0 Å². The summed E-state index contributed by atoms with van der Waals surface area (Å²) in [6.07, 6.45) is 1.31. The highest BCUT2D eigenvalue weighted by atomic mass is 16.7. The average molecular weight is 358 g/mol. The molecule has 0 radical (unpaired) electrons. The summed E-state index contributed by atoms with van der Waals surface area (Å²) in [5.74, 6) is -4.37. The lowest BCUT2D eigenvalue weighted by Crippen LogP contribution is -2.61. The third kappa shape index (κ3) is 2.71. The van der Waals surface area contributed by atoms with Crippen LogP contribution >= 0.6 is 0 Å². The van der Waals surface area contributed by atoms with Crippen LogP contribution in [0, 0.1) is 17.3 Å². The van der Waals surface area contributed by atoms with E-state index in [-0.39, 0.29) is 6.42 Å². The van der Waals surface area contributed by atoms with Crippen LogP contribution in [0.25, 0.3) is 0 Å². The van der Waals surface area contributed by atoms with Gasteiger partial charge in [0.15, 0.2) is 5.79 Å².